The summed E-state index contributed by atoms with van der Waals surface area (Å²) < 4.78 is 0. The summed E-state index contributed by atoms with van der Waals surface area (Å²) in [4.78, 5) is 23.2. The molecule has 0 saturated carbocycles. The molecule has 2 aromatic carbocycles. The highest BCUT2D eigenvalue weighted by Gasteiger charge is 2.01. The van der Waals surface area contributed by atoms with Crippen LogP contribution in [-0.4, -0.2) is 11.6 Å². The van der Waals surface area contributed by atoms with Crippen molar-refractivity contribution in [2.45, 2.75) is 20.3 Å². The molecule has 1 N–H and O–H groups in total. The summed E-state index contributed by atoms with van der Waals surface area (Å²) >= 11 is 0. The van der Waals surface area contributed by atoms with Crippen LogP contribution in [-0.2, 0) is 6.42 Å². The van der Waals surface area contributed by atoms with Crippen molar-refractivity contribution < 1.29 is 9.59 Å². The van der Waals surface area contributed by atoms with Gasteiger partial charge in [0.15, 0.2) is 11.6 Å². The fourth-order valence-electron chi connectivity index (χ4n) is 2.02. The van der Waals surface area contributed by atoms with Gasteiger partial charge in [-0.25, -0.2) is 0 Å². The first-order chi connectivity index (χ1) is 10.6. The molecule has 2 rings (SSSR count). The molecule has 0 amide bonds. The number of Topliss-reactive ketones (excluding diaryl/α,β-unsaturated/α-hetero) is 1. The van der Waals surface area contributed by atoms with Crippen molar-refractivity contribution >= 4 is 17.3 Å². The summed E-state index contributed by atoms with van der Waals surface area (Å²) in [6.45, 7) is 3.61. The van der Waals surface area contributed by atoms with Gasteiger partial charge < -0.3 is 5.32 Å². The maximum absolute atomic E-state index is 12.0. The summed E-state index contributed by atoms with van der Waals surface area (Å²) in [5, 5.41) is 3.02. The predicted octanol–water partition coefficient (Wildman–Crippen LogP) is 4.26. The molecule has 3 heteroatoms. The lowest BCUT2D eigenvalue weighted by atomic mass is 10.1. The molecule has 22 heavy (non-hydrogen) atoms. The molecule has 2 aromatic rings. The van der Waals surface area contributed by atoms with Gasteiger partial charge in [0.25, 0.3) is 0 Å². The number of ketones is 2. The number of nitrogens with one attached hydrogen (secondary N) is 1. The van der Waals surface area contributed by atoms with Crippen molar-refractivity contribution in [1.29, 1.82) is 0 Å². The van der Waals surface area contributed by atoms with Gasteiger partial charge in [-0.1, -0.05) is 31.2 Å². The van der Waals surface area contributed by atoms with Crippen LogP contribution >= 0.6 is 0 Å². The molecule has 0 atom stereocenters. The third kappa shape index (κ3) is 4.16. The maximum atomic E-state index is 12.0. The Morgan fingerprint density at radius 1 is 0.955 bits per heavy atom. The zero-order valence-electron chi connectivity index (χ0n) is 12.8. The van der Waals surface area contributed by atoms with Crippen LogP contribution in [0.2, 0.25) is 0 Å². The molecule has 0 unspecified atom stereocenters. The number of aryl methyl sites for hydroxylation is 1. The van der Waals surface area contributed by atoms with Crippen molar-refractivity contribution in [3.05, 3.63) is 77.5 Å². The van der Waals surface area contributed by atoms with Gasteiger partial charge >= 0.3 is 0 Å². The third-order valence-corrected chi connectivity index (χ3v) is 3.42. The smallest absolute Gasteiger partial charge is 0.187 e. The predicted molar refractivity (Wildman–Crippen MR) is 89.4 cm³/mol. The highest BCUT2D eigenvalue weighted by Crippen LogP contribution is 2.10. The fourth-order valence-corrected chi connectivity index (χ4v) is 2.02. The number of carbonyl (C=O) groups excluding carboxylic acids is 2. The molecule has 0 heterocycles. The molecule has 0 radical (unpaired) electrons. The Balaban J connectivity index is 1.96. The van der Waals surface area contributed by atoms with Gasteiger partial charge in [-0.3, -0.25) is 9.59 Å². The number of anilines is 1. The van der Waals surface area contributed by atoms with E-state index in [9.17, 15) is 9.59 Å². The number of hydrogen-bond acceptors (Lipinski definition) is 3. The second-order valence-electron chi connectivity index (χ2n) is 5.03. The van der Waals surface area contributed by atoms with Crippen LogP contribution < -0.4 is 5.32 Å². The van der Waals surface area contributed by atoms with Crippen molar-refractivity contribution in [1.82, 2.24) is 0 Å². The molecule has 0 aromatic heterocycles. The van der Waals surface area contributed by atoms with Gasteiger partial charge in [-0.05, 0) is 43.2 Å². The maximum Gasteiger partial charge on any atom is 0.187 e. The summed E-state index contributed by atoms with van der Waals surface area (Å²) in [6.07, 6.45) is 4.07. The first-order valence-electron chi connectivity index (χ1n) is 7.27. The molecular formula is C19H19NO2. The van der Waals surface area contributed by atoms with Crippen molar-refractivity contribution in [2.75, 3.05) is 5.32 Å². The highest BCUT2D eigenvalue weighted by molar-refractivity contribution is 6.04. The monoisotopic (exact) mass is 293 g/mol. The zero-order chi connectivity index (χ0) is 15.9. The van der Waals surface area contributed by atoms with E-state index in [-0.39, 0.29) is 11.6 Å². The van der Waals surface area contributed by atoms with Gasteiger partial charge in [-0.2, -0.15) is 0 Å². The number of carbonyl (C=O) groups is 2. The molecule has 0 saturated heterocycles. The molecule has 0 fully saturated rings. The van der Waals surface area contributed by atoms with Gasteiger partial charge in [0, 0.05) is 29.1 Å². The highest BCUT2D eigenvalue weighted by atomic mass is 16.1. The second kappa shape index (κ2) is 7.36. The van der Waals surface area contributed by atoms with Gasteiger partial charge in [0.2, 0.25) is 0 Å². The van der Waals surface area contributed by atoms with Crippen LogP contribution in [0.1, 0.15) is 40.1 Å². The van der Waals surface area contributed by atoms with Crippen LogP contribution in [0.15, 0.2) is 60.8 Å². The standard InChI is InChI=1S/C19H19NO2/c1-3-15-4-6-17(7-5-15)19(22)12-13-20-18-10-8-16(9-11-18)14(2)21/h4-13,20H,3H2,1-2H3. The van der Waals surface area contributed by atoms with Crippen LogP contribution in [0.5, 0.6) is 0 Å². The topological polar surface area (TPSA) is 46.2 Å². The van der Waals surface area contributed by atoms with E-state index in [1.165, 1.54) is 18.6 Å². The quantitative estimate of drug-likeness (QED) is 0.639. The van der Waals surface area contributed by atoms with Crippen molar-refractivity contribution in [3.63, 3.8) is 0 Å². The molecule has 0 aliphatic carbocycles. The Labute approximate surface area is 130 Å². The number of rotatable bonds is 6. The zero-order valence-corrected chi connectivity index (χ0v) is 12.8. The molecule has 0 aliphatic heterocycles. The van der Waals surface area contributed by atoms with Crippen molar-refractivity contribution in [3.8, 4) is 0 Å². The largest absolute Gasteiger partial charge is 0.362 e. The van der Waals surface area contributed by atoms with Crippen LogP contribution in [0.4, 0.5) is 5.69 Å². The first-order valence-corrected chi connectivity index (χ1v) is 7.27. The average Bonchev–Trinajstić information content (AvgIpc) is 2.55. The molecule has 0 spiro atoms. The molecule has 3 nitrogen and oxygen atoms in total. The molecule has 0 aliphatic rings. The Kier molecular flexibility index (Phi) is 5.26. The van der Waals surface area contributed by atoms with E-state index in [4.69, 9.17) is 0 Å². The van der Waals surface area contributed by atoms with Crippen LogP contribution in [0.25, 0.3) is 0 Å². The Hall–Kier alpha value is -2.68. The molecule has 112 valence electrons. The summed E-state index contributed by atoms with van der Waals surface area (Å²) in [5.74, 6) is -0.0108. The van der Waals surface area contributed by atoms with Gasteiger partial charge in [-0.15, -0.1) is 0 Å². The number of benzene rings is 2. The Morgan fingerprint density at radius 3 is 2.09 bits per heavy atom. The van der Waals surface area contributed by atoms with Crippen LogP contribution in [0.3, 0.4) is 0 Å². The summed E-state index contributed by atoms with van der Waals surface area (Å²) in [5.41, 5.74) is 3.38. The minimum absolute atomic E-state index is 0.0350. The third-order valence-electron chi connectivity index (χ3n) is 3.42. The van der Waals surface area contributed by atoms with Crippen LogP contribution in [0, 0.1) is 0 Å². The fraction of sp³-hybridized carbons (Fsp3) is 0.158. The minimum Gasteiger partial charge on any atom is -0.362 e. The lowest BCUT2D eigenvalue weighted by molar-refractivity contribution is 0.101. The van der Waals surface area contributed by atoms with E-state index in [0.29, 0.717) is 11.1 Å². The molecule has 0 bridgehead atoms. The molecular weight excluding hydrogens is 274 g/mol. The van der Waals surface area contributed by atoms with Gasteiger partial charge in [0.05, 0.1) is 0 Å². The second-order valence-corrected chi connectivity index (χ2v) is 5.03. The normalized spacial score (nSPS) is 10.6. The minimum atomic E-state index is -0.0458. The van der Waals surface area contributed by atoms with E-state index in [1.54, 1.807) is 18.3 Å². The SMILES string of the molecule is CCc1ccc(C(=O)C=CNc2ccc(C(C)=O)cc2)cc1. The van der Waals surface area contributed by atoms with E-state index in [2.05, 4.69) is 12.2 Å². The van der Waals surface area contributed by atoms with E-state index in [0.717, 1.165) is 12.1 Å². The van der Waals surface area contributed by atoms with E-state index in [1.807, 2.05) is 36.4 Å². The van der Waals surface area contributed by atoms with Gasteiger partial charge in [0.1, 0.15) is 0 Å². The Morgan fingerprint density at radius 2 is 1.55 bits per heavy atom. The summed E-state index contributed by atoms with van der Waals surface area (Å²) in [6, 6.07) is 14.7. The van der Waals surface area contributed by atoms with Crippen molar-refractivity contribution in [2.24, 2.45) is 0 Å². The first kappa shape index (κ1) is 15.7. The Bertz CT molecular complexity index is 682. The lowest BCUT2D eigenvalue weighted by Gasteiger charge is -2.02. The number of allylic oxidation sites excluding steroid dienone is 1. The summed E-state index contributed by atoms with van der Waals surface area (Å²) in [7, 11) is 0. The lowest BCUT2D eigenvalue weighted by Crippen LogP contribution is -1.97. The average molecular weight is 293 g/mol. The number of hydrogen-bond donors (Lipinski definition) is 1. The van der Waals surface area contributed by atoms with E-state index >= 15 is 0 Å². The van der Waals surface area contributed by atoms with E-state index < -0.39 is 0 Å².